The Labute approximate surface area is 139 Å². The molecule has 0 aliphatic heterocycles. The van der Waals surface area contributed by atoms with E-state index in [9.17, 15) is 14.0 Å². The van der Waals surface area contributed by atoms with E-state index in [0.717, 1.165) is 0 Å². The number of nitrogens with one attached hydrogen (secondary N) is 1. The fourth-order valence-corrected chi connectivity index (χ4v) is 2.15. The molecule has 0 atom stereocenters. The van der Waals surface area contributed by atoms with Crippen molar-refractivity contribution in [2.24, 2.45) is 0 Å². The summed E-state index contributed by atoms with van der Waals surface area (Å²) in [6.07, 6.45) is 0.0942. The van der Waals surface area contributed by atoms with Gasteiger partial charge in [0, 0.05) is 31.3 Å². The van der Waals surface area contributed by atoms with E-state index in [1.165, 1.54) is 36.1 Å². The average Bonchev–Trinajstić information content (AvgIpc) is 2.57. The van der Waals surface area contributed by atoms with Crippen molar-refractivity contribution in [1.82, 2.24) is 0 Å². The summed E-state index contributed by atoms with van der Waals surface area (Å²) < 4.78 is 13.0. The monoisotopic (exact) mass is 325 g/mol. The van der Waals surface area contributed by atoms with Gasteiger partial charge in [0.1, 0.15) is 5.82 Å². The first-order valence-electron chi connectivity index (χ1n) is 7.33. The number of nitriles is 1. The second-order valence-corrected chi connectivity index (χ2v) is 5.13. The van der Waals surface area contributed by atoms with Gasteiger partial charge in [-0.25, -0.2) is 4.39 Å². The molecule has 2 amide bonds. The Bertz CT molecular complexity index is 764. The van der Waals surface area contributed by atoms with Gasteiger partial charge in [0.15, 0.2) is 0 Å². The van der Waals surface area contributed by atoms with Crippen LogP contribution < -0.4 is 10.2 Å². The Morgan fingerprint density at radius 1 is 1.12 bits per heavy atom. The predicted molar refractivity (Wildman–Crippen MR) is 88.8 cm³/mol. The van der Waals surface area contributed by atoms with Crippen molar-refractivity contribution in [3.05, 3.63) is 59.9 Å². The summed E-state index contributed by atoms with van der Waals surface area (Å²) in [5.74, 6) is -0.873. The van der Waals surface area contributed by atoms with Crippen LogP contribution in [0.4, 0.5) is 15.8 Å². The molecule has 0 aliphatic carbocycles. The minimum atomic E-state index is -0.388. The van der Waals surface area contributed by atoms with Gasteiger partial charge in [0.05, 0.1) is 11.6 Å². The van der Waals surface area contributed by atoms with Gasteiger partial charge in [-0.05, 0) is 48.5 Å². The van der Waals surface area contributed by atoms with Gasteiger partial charge in [-0.1, -0.05) is 0 Å². The Kier molecular flexibility index (Phi) is 5.63. The number of rotatable bonds is 5. The number of carbonyl (C=O) groups is 2. The Hall–Kier alpha value is -3.20. The summed E-state index contributed by atoms with van der Waals surface area (Å²) >= 11 is 0. The first kappa shape index (κ1) is 17.2. The highest BCUT2D eigenvalue weighted by Crippen LogP contribution is 2.16. The molecule has 0 aromatic heterocycles. The normalized spacial score (nSPS) is 9.88. The lowest BCUT2D eigenvalue weighted by Crippen LogP contribution is -2.31. The van der Waals surface area contributed by atoms with Crippen molar-refractivity contribution >= 4 is 23.2 Å². The summed E-state index contributed by atoms with van der Waals surface area (Å²) in [5, 5.41) is 11.4. The molecular formula is C18H16FN3O2. The largest absolute Gasteiger partial charge is 0.326 e. The molecule has 122 valence electrons. The molecule has 0 radical (unpaired) electrons. The third-order valence-electron chi connectivity index (χ3n) is 3.38. The van der Waals surface area contributed by atoms with E-state index < -0.39 is 0 Å². The van der Waals surface area contributed by atoms with Crippen LogP contribution in [0.5, 0.6) is 0 Å². The number of anilines is 2. The van der Waals surface area contributed by atoms with Gasteiger partial charge < -0.3 is 10.2 Å². The molecule has 0 saturated carbocycles. The van der Waals surface area contributed by atoms with Gasteiger partial charge in [-0.2, -0.15) is 5.26 Å². The van der Waals surface area contributed by atoms with E-state index >= 15 is 0 Å². The van der Waals surface area contributed by atoms with Crippen LogP contribution in [-0.2, 0) is 9.59 Å². The molecule has 1 N–H and O–H groups in total. The highest BCUT2D eigenvalue weighted by atomic mass is 19.1. The number of hydrogen-bond acceptors (Lipinski definition) is 3. The van der Waals surface area contributed by atoms with Crippen molar-refractivity contribution in [3.63, 3.8) is 0 Å². The fourth-order valence-electron chi connectivity index (χ4n) is 2.15. The molecule has 2 rings (SSSR count). The lowest BCUT2D eigenvalue weighted by atomic mass is 10.2. The first-order valence-corrected chi connectivity index (χ1v) is 7.33. The topological polar surface area (TPSA) is 73.2 Å². The van der Waals surface area contributed by atoms with E-state index in [4.69, 9.17) is 5.26 Å². The molecule has 2 aromatic carbocycles. The molecule has 24 heavy (non-hydrogen) atoms. The van der Waals surface area contributed by atoms with Crippen LogP contribution >= 0.6 is 0 Å². The highest BCUT2D eigenvalue weighted by molar-refractivity contribution is 5.94. The van der Waals surface area contributed by atoms with Crippen LogP contribution in [0.15, 0.2) is 48.5 Å². The summed E-state index contributed by atoms with van der Waals surface area (Å²) in [6.45, 7) is 1.57. The lowest BCUT2D eigenvalue weighted by molar-refractivity contribution is -0.117. The molecular weight excluding hydrogens is 309 g/mol. The molecule has 0 unspecified atom stereocenters. The van der Waals surface area contributed by atoms with E-state index in [-0.39, 0.29) is 30.6 Å². The molecule has 0 bridgehead atoms. The fraction of sp³-hybridized carbons (Fsp3) is 0.167. The van der Waals surface area contributed by atoms with Gasteiger partial charge in [-0.3, -0.25) is 9.59 Å². The number of amides is 2. The minimum absolute atomic E-state index is 0.0942. The van der Waals surface area contributed by atoms with Crippen molar-refractivity contribution in [2.45, 2.75) is 13.3 Å². The van der Waals surface area contributed by atoms with Crippen molar-refractivity contribution in [2.75, 3.05) is 16.8 Å². The van der Waals surface area contributed by atoms with Crippen molar-refractivity contribution in [3.8, 4) is 6.07 Å². The van der Waals surface area contributed by atoms with Crippen LogP contribution in [0.1, 0.15) is 18.9 Å². The molecule has 5 nitrogen and oxygen atoms in total. The zero-order valence-corrected chi connectivity index (χ0v) is 13.1. The quantitative estimate of drug-likeness (QED) is 0.918. The number of carbonyl (C=O) groups excluding carboxylic acids is 2. The van der Waals surface area contributed by atoms with E-state index in [0.29, 0.717) is 16.9 Å². The Morgan fingerprint density at radius 2 is 1.75 bits per heavy atom. The predicted octanol–water partition coefficient (Wildman–Crippen LogP) is 3.08. The molecule has 0 aliphatic rings. The summed E-state index contributed by atoms with van der Waals surface area (Å²) in [4.78, 5) is 25.2. The summed E-state index contributed by atoms with van der Waals surface area (Å²) in [5.41, 5.74) is 1.62. The van der Waals surface area contributed by atoms with Crippen LogP contribution in [-0.4, -0.2) is 18.4 Å². The zero-order chi connectivity index (χ0) is 17.5. The maximum Gasteiger partial charge on any atom is 0.226 e. The van der Waals surface area contributed by atoms with Crippen LogP contribution in [0, 0.1) is 17.1 Å². The molecule has 0 fully saturated rings. The van der Waals surface area contributed by atoms with E-state index in [1.807, 2.05) is 6.07 Å². The SMILES string of the molecule is CC(=O)N(CCC(=O)Nc1ccc(C#N)cc1)c1ccc(F)cc1. The van der Waals surface area contributed by atoms with Crippen molar-refractivity contribution in [1.29, 1.82) is 5.26 Å². The van der Waals surface area contributed by atoms with Gasteiger partial charge in [-0.15, -0.1) is 0 Å². The third kappa shape index (κ3) is 4.65. The lowest BCUT2D eigenvalue weighted by Gasteiger charge is -2.21. The first-order chi connectivity index (χ1) is 11.5. The number of nitrogens with zero attached hydrogens (tertiary/aromatic N) is 2. The third-order valence-corrected chi connectivity index (χ3v) is 3.38. The molecule has 0 heterocycles. The van der Waals surface area contributed by atoms with Gasteiger partial charge >= 0.3 is 0 Å². The molecule has 0 spiro atoms. The average molecular weight is 325 g/mol. The second-order valence-electron chi connectivity index (χ2n) is 5.13. The Morgan fingerprint density at radius 3 is 2.29 bits per heavy atom. The maximum atomic E-state index is 13.0. The zero-order valence-electron chi connectivity index (χ0n) is 13.1. The standard InChI is InChI=1S/C18H16FN3O2/c1-13(23)22(17-8-4-15(19)5-9-17)11-10-18(24)21-16-6-2-14(12-20)3-7-16/h2-9H,10-11H2,1H3,(H,21,24). The Balaban J connectivity index is 1.96. The summed E-state index contributed by atoms with van der Waals surface area (Å²) in [7, 11) is 0. The molecule has 0 saturated heterocycles. The van der Waals surface area contributed by atoms with Gasteiger partial charge in [0.2, 0.25) is 11.8 Å². The van der Waals surface area contributed by atoms with Gasteiger partial charge in [0.25, 0.3) is 0 Å². The minimum Gasteiger partial charge on any atom is -0.326 e. The smallest absolute Gasteiger partial charge is 0.226 e. The maximum absolute atomic E-state index is 13.0. The highest BCUT2D eigenvalue weighted by Gasteiger charge is 2.13. The van der Waals surface area contributed by atoms with Crippen LogP contribution in [0.2, 0.25) is 0 Å². The number of benzene rings is 2. The number of halogens is 1. The van der Waals surface area contributed by atoms with E-state index in [1.54, 1.807) is 24.3 Å². The molecule has 6 heteroatoms. The van der Waals surface area contributed by atoms with Crippen molar-refractivity contribution < 1.29 is 14.0 Å². The number of hydrogen-bond donors (Lipinski definition) is 1. The molecule has 2 aromatic rings. The second kappa shape index (κ2) is 7.88. The van der Waals surface area contributed by atoms with Crippen LogP contribution in [0.3, 0.4) is 0 Å². The van der Waals surface area contributed by atoms with Crippen LogP contribution in [0.25, 0.3) is 0 Å². The summed E-state index contributed by atoms with van der Waals surface area (Å²) in [6, 6.07) is 14.0. The van der Waals surface area contributed by atoms with E-state index in [2.05, 4.69) is 5.32 Å².